The summed E-state index contributed by atoms with van der Waals surface area (Å²) < 4.78 is 4.76. The van der Waals surface area contributed by atoms with E-state index in [4.69, 9.17) is 10.5 Å². The second-order valence-electron chi connectivity index (χ2n) is 1.58. The van der Waals surface area contributed by atoms with E-state index in [1.54, 1.807) is 0 Å². The van der Waals surface area contributed by atoms with E-state index in [1.165, 1.54) is 18.9 Å². The molecule has 0 fully saturated rings. The molecule has 0 bridgehead atoms. The third-order valence-electron chi connectivity index (χ3n) is 0.920. The van der Waals surface area contributed by atoms with Crippen molar-refractivity contribution >= 4 is 17.7 Å². The van der Waals surface area contributed by atoms with Crippen LogP contribution >= 0.6 is 11.8 Å². The summed E-state index contributed by atoms with van der Waals surface area (Å²) in [7, 11) is 1.48. The van der Waals surface area contributed by atoms with E-state index >= 15 is 0 Å². The molecule has 54 valence electrons. The number of thioether (sulfide) groups is 1. The highest BCUT2D eigenvalue weighted by atomic mass is 32.2. The SMILES string of the molecule is COC(CSC)C(N)=O. The maximum Gasteiger partial charge on any atom is 0.247 e. The van der Waals surface area contributed by atoms with Crippen LogP contribution < -0.4 is 5.73 Å². The Balaban J connectivity index is 3.54. The Kier molecular flexibility index (Phi) is 4.53. The Hall–Kier alpha value is -0.220. The Morgan fingerprint density at radius 1 is 1.89 bits per heavy atom. The molecule has 0 aromatic rings. The fourth-order valence-corrected chi connectivity index (χ4v) is 1.02. The Morgan fingerprint density at radius 3 is 2.56 bits per heavy atom. The van der Waals surface area contributed by atoms with E-state index in [2.05, 4.69) is 0 Å². The molecular formula is C5H11NO2S. The molecule has 0 aromatic carbocycles. The summed E-state index contributed by atoms with van der Waals surface area (Å²) in [5, 5.41) is 0. The lowest BCUT2D eigenvalue weighted by molar-refractivity contribution is -0.126. The molecule has 0 heterocycles. The number of hydrogen-bond donors (Lipinski definition) is 1. The lowest BCUT2D eigenvalue weighted by atomic mass is 10.4. The molecule has 0 radical (unpaired) electrons. The Labute approximate surface area is 58.9 Å². The average Bonchev–Trinajstić information content (AvgIpc) is 1.82. The van der Waals surface area contributed by atoms with Gasteiger partial charge >= 0.3 is 0 Å². The van der Waals surface area contributed by atoms with Crippen LogP contribution in [-0.2, 0) is 9.53 Å². The topological polar surface area (TPSA) is 52.3 Å². The van der Waals surface area contributed by atoms with Crippen molar-refractivity contribution in [3.8, 4) is 0 Å². The van der Waals surface area contributed by atoms with Gasteiger partial charge in [0, 0.05) is 12.9 Å². The summed E-state index contributed by atoms with van der Waals surface area (Å²) in [6.07, 6.45) is 1.47. The van der Waals surface area contributed by atoms with Gasteiger partial charge in [-0.15, -0.1) is 0 Å². The number of hydrogen-bond acceptors (Lipinski definition) is 3. The lowest BCUT2D eigenvalue weighted by Crippen LogP contribution is -2.32. The quantitative estimate of drug-likeness (QED) is 0.604. The predicted octanol–water partition coefficient (Wildman–Crippen LogP) is -0.150. The number of carbonyl (C=O) groups excluding carboxylic acids is 1. The van der Waals surface area contributed by atoms with Crippen molar-refractivity contribution in [1.82, 2.24) is 0 Å². The molecule has 0 rings (SSSR count). The molecule has 3 nitrogen and oxygen atoms in total. The van der Waals surface area contributed by atoms with Crippen LogP contribution in [0.1, 0.15) is 0 Å². The first-order chi connectivity index (χ1) is 4.22. The van der Waals surface area contributed by atoms with Crippen molar-refractivity contribution in [3.63, 3.8) is 0 Å². The summed E-state index contributed by atoms with van der Waals surface area (Å²) in [4.78, 5) is 10.4. The molecule has 0 aliphatic carbocycles. The molecule has 0 saturated carbocycles. The van der Waals surface area contributed by atoms with Gasteiger partial charge in [0.25, 0.3) is 0 Å². The van der Waals surface area contributed by atoms with Crippen LogP contribution in [0.4, 0.5) is 0 Å². The number of amides is 1. The first-order valence-corrected chi connectivity index (χ1v) is 3.92. The third-order valence-corrected chi connectivity index (χ3v) is 1.56. The van der Waals surface area contributed by atoms with Crippen molar-refractivity contribution in [1.29, 1.82) is 0 Å². The maximum absolute atomic E-state index is 10.4. The van der Waals surface area contributed by atoms with E-state index < -0.39 is 12.0 Å². The minimum atomic E-state index is -0.431. The van der Waals surface area contributed by atoms with E-state index in [-0.39, 0.29) is 0 Å². The molecule has 0 saturated heterocycles. The summed E-state index contributed by atoms with van der Waals surface area (Å²) in [6.45, 7) is 0. The highest BCUT2D eigenvalue weighted by Gasteiger charge is 2.11. The standard InChI is InChI=1S/C5H11NO2S/c1-8-4(3-9-2)5(6)7/h4H,3H2,1-2H3,(H2,6,7). The van der Waals surface area contributed by atoms with E-state index in [9.17, 15) is 4.79 Å². The molecule has 1 unspecified atom stereocenters. The Bertz CT molecular complexity index is 97.0. The zero-order valence-electron chi connectivity index (χ0n) is 5.59. The molecule has 1 atom stereocenters. The lowest BCUT2D eigenvalue weighted by Gasteiger charge is -2.07. The summed E-state index contributed by atoms with van der Waals surface area (Å²) in [5.74, 6) is 0.234. The molecule has 0 aliphatic heterocycles. The van der Waals surface area contributed by atoms with Gasteiger partial charge in [0.15, 0.2) is 0 Å². The van der Waals surface area contributed by atoms with Crippen LogP contribution in [0.3, 0.4) is 0 Å². The summed E-state index contributed by atoms with van der Waals surface area (Å²) in [5.41, 5.74) is 4.96. The minimum absolute atomic E-state index is 0.396. The largest absolute Gasteiger partial charge is 0.371 e. The molecule has 0 spiro atoms. The highest BCUT2D eigenvalue weighted by Crippen LogP contribution is 1.98. The van der Waals surface area contributed by atoms with Crippen molar-refractivity contribution in [2.45, 2.75) is 6.10 Å². The van der Waals surface area contributed by atoms with Crippen molar-refractivity contribution in [3.05, 3.63) is 0 Å². The number of ether oxygens (including phenoxy) is 1. The van der Waals surface area contributed by atoms with Gasteiger partial charge in [-0.25, -0.2) is 0 Å². The van der Waals surface area contributed by atoms with Crippen LogP contribution in [0.15, 0.2) is 0 Å². The smallest absolute Gasteiger partial charge is 0.247 e. The van der Waals surface area contributed by atoms with Gasteiger partial charge < -0.3 is 10.5 Å². The fourth-order valence-electron chi connectivity index (χ4n) is 0.418. The summed E-state index contributed by atoms with van der Waals surface area (Å²) >= 11 is 1.54. The van der Waals surface area contributed by atoms with Crippen molar-refractivity contribution < 1.29 is 9.53 Å². The van der Waals surface area contributed by atoms with Crippen LogP contribution in [0, 0.1) is 0 Å². The maximum atomic E-state index is 10.4. The molecule has 0 aliphatic rings. The van der Waals surface area contributed by atoms with Crippen LogP contribution in [-0.4, -0.2) is 31.1 Å². The second-order valence-corrected chi connectivity index (χ2v) is 2.49. The van der Waals surface area contributed by atoms with Crippen LogP contribution in [0.2, 0.25) is 0 Å². The van der Waals surface area contributed by atoms with E-state index in [1.807, 2.05) is 6.26 Å². The van der Waals surface area contributed by atoms with Crippen molar-refractivity contribution in [2.75, 3.05) is 19.1 Å². The molecule has 9 heavy (non-hydrogen) atoms. The molecular weight excluding hydrogens is 138 g/mol. The van der Waals surface area contributed by atoms with Crippen molar-refractivity contribution in [2.24, 2.45) is 5.73 Å². The monoisotopic (exact) mass is 149 g/mol. The normalized spacial score (nSPS) is 13.1. The van der Waals surface area contributed by atoms with Crippen LogP contribution in [0.5, 0.6) is 0 Å². The van der Waals surface area contributed by atoms with Gasteiger partial charge in [-0.05, 0) is 6.26 Å². The number of carbonyl (C=O) groups is 1. The van der Waals surface area contributed by atoms with Gasteiger partial charge in [-0.2, -0.15) is 11.8 Å². The number of rotatable bonds is 4. The third kappa shape index (κ3) is 3.37. The van der Waals surface area contributed by atoms with Gasteiger partial charge in [0.1, 0.15) is 6.10 Å². The van der Waals surface area contributed by atoms with Gasteiger partial charge in [-0.3, -0.25) is 4.79 Å². The van der Waals surface area contributed by atoms with E-state index in [0.29, 0.717) is 5.75 Å². The van der Waals surface area contributed by atoms with Gasteiger partial charge in [0.05, 0.1) is 0 Å². The first kappa shape index (κ1) is 8.78. The molecule has 0 aromatic heterocycles. The number of primary amides is 1. The second kappa shape index (κ2) is 4.64. The molecule has 2 N–H and O–H groups in total. The first-order valence-electron chi connectivity index (χ1n) is 2.53. The number of nitrogens with two attached hydrogens (primary N) is 1. The van der Waals surface area contributed by atoms with Gasteiger partial charge in [0.2, 0.25) is 5.91 Å². The summed E-state index contributed by atoms with van der Waals surface area (Å²) in [6, 6.07) is 0. The highest BCUT2D eigenvalue weighted by molar-refractivity contribution is 7.98. The fraction of sp³-hybridized carbons (Fsp3) is 0.800. The minimum Gasteiger partial charge on any atom is -0.371 e. The Morgan fingerprint density at radius 2 is 2.44 bits per heavy atom. The molecule has 4 heteroatoms. The predicted molar refractivity (Wildman–Crippen MR) is 38.4 cm³/mol. The molecule has 1 amide bonds. The average molecular weight is 149 g/mol. The van der Waals surface area contributed by atoms with Gasteiger partial charge in [-0.1, -0.05) is 0 Å². The zero-order chi connectivity index (χ0) is 7.28. The number of methoxy groups -OCH3 is 1. The van der Waals surface area contributed by atoms with Crippen LogP contribution in [0.25, 0.3) is 0 Å². The van der Waals surface area contributed by atoms with E-state index in [0.717, 1.165) is 0 Å². The zero-order valence-corrected chi connectivity index (χ0v) is 6.40.